The van der Waals surface area contributed by atoms with Gasteiger partial charge in [0.25, 0.3) is 5.91 Å². The van der Waals surface area contributed by atoms with Crippen molar-refractivity contribution >= 4 is 33.4 Å². The Hall–Kier alpha value is -2.71. The van der Waals surface area contributed by atoms with Crippen LogP contribution in [0.4, 0.5) is 4.39 Å². The summed E-state index contributed by atoms with van der Waals surface area (Å²) in [6.45, 7) is 6.72. The monoisotopic (exact) mass is 496 g/mol. The van der Waals surface area contributed by atoms with E-state index in [1.807, 2.05) is 27.0 Å². The summed E-state index contributed by atoms with van der Waals surface area (Å²) in [6.07, 6.45) is 3.73. The number of benzene rings is 1. The zero-order valence-corrected chi connectivity index (χ0v) is 21.0. The van der Waals surface area contributed by atoms with Crippen molar-refractivity contribution in [2.24, 2.45) is 5.92 Å². The fourth-order valence-corrected chi connectivity index (χ4v) is 6.33. The SMILES string of the molecule is CCN1CCC[C@@H]1CNC(=O)C1CCN(C(=O)c2cc3sccc3n2Cc2ccc(F)cc2)CC1. The van der Waals surface area contributed by atoms with Crippen molar-refractivity contribution in [3.63, 3.8) is 0 Å². The Kier molecular flexibility index (Phi) is 7.20. The minimum atomic E-state index is -0.268. The van der Waals surface area contributed by atoms with E-state index in [0.717, 1.165) is 41.8 Å². The smallest absolute Gasteiger partial charge is 0.270 e. The Balaban J connectivity index is 1.21. The van der Waals surface area contributed by atoms with Crippen molar-refractivity contribution in [3.05, 3.63) is 58.9 Å². The molecule has 2 aliphatic heterocycles. The molecule has 1 atom stereocenters. The van der Waals surface area contributed by atoms with Crippen LogP contribution in [-0.4, -0.2) is 64.9 Å². The molecule has 2 aliphatic rings. The van der Waals surface area contributed by atoms with Gasteiger partial charge in [0.05, 0.1) is 10.2 Å². The topological polar surface area (TPSA) is 57.6 Å². The summed E-state index contributed by atoms with van der Waals surface area (Å²) in [4.78, 5) is 30.6. The number of aromatic nitrogens is 1. The Morgan fingerprint density at radius 1 is 1.09 bits per heavy atom. The van der Waals surface area contributed by atoms with Gasteiger partial charge < -0.3 is 14.8 Å². The van der Waals surface area contributed by atoms with Crippen LogP contribution in [0.3, 0.4) is 0 Å². The van der Waals surface area contributed by atoms with Crippen LogP contribution in [0, 0.1) is 11.7 Å². The fraction of sp³-hybridized carbons (Fsp3) is 0.481. The number of fused-ring (bicyclic) bond motifs is 1. The highest BCUT2D eigenvalue weighted by Gasteiger charge is 2.31. The first-order valence-corrected chi connectivity index (χ1v) is 13.5. The van der Waals surface area contributed by atoms with Crippen LogP contribution in [0.5, 0.6) is 0 Å². The summed E-state index contributed by atoms with van der Waals surface area (Å²) in [7, 11) is 0. The van der Waals surface area contributed by atoms with E-state index in [-0.39, 0.29) is 23.5 Å². The molecule has 4 heterocycles. The van der Waals surface area contributed by atoms with Crippen LogP contribution in [-0.2, 0) is 11.3 Å². The van der Waals surface area contributed by atoms with Crippen molar-refractivity contribution in [1.82, 2.24) is 19.7 Å². The molecule has 35 heavy (non-hydrogen) atoms. The maximum absolute atomic E-state index is 13.5. The predicted octanol–water partition coefficient (Wildman–Crippen LogP) is 4.34. The molecule has 8 heteroatoms. The standard InChI is InChI=1S/C27H33FN4O2S/c1-2-30-12-3-4-22(30)17-29-26(33)20-9-13-31(14-10-20)27(34)24-16-25-23(11-15-35-25)32(24)18-19-5-7-21(28)8-6-19/h5-8,11,15-16,20,22H,2-4,9-10,12-14,17-18H2,1H3,(H,29,33)/t22-/m1/s1. The number of thiophene rings is 1. The maximum atomic E-state index is 13.5. The number of halogens is 1. The first-order valence-electron chi connectivity index (χ1n) is 12.7. The molecule has 2 aromatic heterocycles. The van der Waals surface area contributed by atoms with Crippen molar-refractivity contribution < 1.29 is 14.0 Å². The summed E-state index contributed by atoms with van der Waals surface area (Å²) in [5.74, 6) is -0.180. The average Bonchev–Trinajstić information content (AvgIpc) is 3.61. The van der Waals surface area contributed by atoms with Gasteiger partial charge in [-0.25, -0.2) is 4.39 Å². The third-order valence-electron chi connectivity index (χ3n) is 7.57. The second-order valence-electron chi connectivity index (χ2n) is 9.65. The molecule has 0 radical (unpaired) electrons. The lowest BCUT2D eigenvalue weighted by atomic mass is 9.95. The molecule has 0 bridgehead atoms. The van der Waals surface area contributed by atoms with E-state index in [1.165, 1.54) is 18.6 Å². The maximum Gasteiger partial charge on any atom is 0.270 e. The van der Waals surface area contributed by atoms with E-state index in [0.29, 0.717) is 44.2 Å². The minimum Gasteiger partial charge on any atom is -0.354 e. The van der Waals surface area contributed by atoms with Crippen LogP contribution in [0.15, 0.2) is 41.8 Å². The van der Waals surface area contributed by atoms with Gasteiger partial charge in [-0.3, -0.25) is 14.5 Å². The van der Waals surface area contributed by atoms with Crippen molar-refractivity contribution in [3.8, 4) is 0 Å². The number of nitrogens with zero attached hydrogens (tertiary/aromatic N) is 3. The molecular weight excluding hydrogens is 463 g/mol. The third-order valence-corrected chi connectivity index (χ3v) is 8.42. The molecule has 2 amide bonds. The molecular formula is C27H33FN4O2S. The molecule has 0 unspecified atom stereocenters. The van der Waals surface area contributed by atoms with Crippen LogP contribution in [0.1, 0.15) is 48.7 Å². The van der Waals surface area contributed by atoms with Crippen molar-refractivity contribution in [1.29, 1.82) is 0 Å². The number of rotatable bonds is 7. The number of hydrogen-bond acceptors (Lipinski definition) is 4. The van der Waals surface area contributed by atoms with Crippen LogP contribution < -0.4 is 5.32 Å². The van der Waals surface area contributed by atoms with Gasteiger partial charge in [-0.1, -0.05) is 19.1 Å². The second kappa shape index (κ2) is 10.5. The number of carbonyl (C=O) groups is 2. The fourth-order valence-electron chi connectivity index (χ4n) is 5.51. The Morgan fingerprint density at radius 2 is 1.86 bits per heavy atom. The highest BCUT2D eigenvalue weighted by Crippen LogP contribution is 2.28. The normalized spacial score (nSPS) is 19.5. The summed E-state index contributed by atoms with van der Waals surface area (Å²) in [6, 6.07) is 10.9. The van der Waals surface area contributed by atoms with Gasteiger partial charge in [0.1, 0.15) is 11.5 Å². The molecule has 1 aromatic carbocycles. The third kappa shape index (κ3) is 5.14. The van der Waals surface area contributed by atoms with E-state index in [1.54, 1.807) is 23.5 Å². The average molecular weight is 497 g/mol. The van der Waals surface area contributed by atoms with Gasteiger partial charge in [0.15, 0.2) is 0 Å². The largest absolute Gasteiger partial charge is 0.354 e. The zero-order chi connectivity index (χ0) is 24.4. The number of carbonyl (C=O) groups excluding carboxylic acids is 2. The summed E-state index contributed by atoms with van der Waals surface area (Å²) < 4.78 is 16.5. The van der Waals surface area contributed by atoms with Gasteiger partial charge in [-0.2, -0.15) is 0 Å². The molecule has 0 saturated carbocycles. The van der Waals surface area contributed by atoms with Crippen LogP contribution >= 0.6 is 11.3 Å². The van der Waals surface area contributed by atoms with Gasteiger partial charge in [0.2, 0.25) is 5.91 Å². The predicted molar refractivity (Wildman–Crippen MR) is 137 cm³/mol. The van der Waals surface area contributed by atoms with Crippen molar-refractivity contribution in [2.75, 3.05) is 32.7 Å². The summed E-state index contributed by atoms with van der Waals surface area (Å²) >= 11 is 1.61. The molecule has 5 rings (SSSR count). The summed E-state index contributed by atoms with van der Waals surface area (Å²) in [5.41, 5.74) is 2.62. The molecule has 0 aliphatic carbocycles. The van der Waals surface area contributed by atoms with Gasteiger partial charge in [-0.15, -0.1) is 11.3 Å². The van der Waals surface area contributed by atoms with Gasteiger partial charge >= 0.3 is 0 Å². The Bertz CT molecular complexity index is 1180. The number of hydrogen-bond donors (Lipinski definition) is 1. The molecule has 3 aromatic rings. The van der Waals surface area contributed by atoms with Gasteiger partial charge in [-0.05, 0) is 74.0 Å². The molecule has 186 valence electrons. The molecule has 6 nitrogen and oxygen atoms in total. The van der Waals surface area contributed by atoms with E-state index in [4.69, 9.17) is 0 Å². The minimum absolute atomic E-state index is 0.00101. The highest BCUT2D eigenvalue weighted by atomic mass is 32.1. The number of likely N-dealkylation sites (tertiary alicyclic amines) is 2. The Morgan fingerprint density at radius 3 is 2.60 bits per heavy atom. The lowest BCUT2D eigenvalue weighted by molar-refractivity contribution is -0.126. The second-order valence-corrected chi connectivity index (χ2v) is 10.6. The molecule has 2 fully saturated rings. The van der Waals surface area contributed by atoms with Crippen molar-refractivity contribution in [2.45, 2.75) is 45.2 Å². The Labute approximate surface area is 209 Å². The number of nitrogens with one attached hydrogen (secondary N) is 1. The first-order chi connectivity index (χ1) is 17.0. The lowest BCUT2D eigenvalue weighted by Crippen LogP contribution is -2.46. The highest BCUT2D eigenvalue weighted by molar-refractivity contribution is 7.17. The van der Waals surface area contributed by atoms with E-state index < -0.39 is 0 Å². The quantitative estimate of drug-likeness (QED) is 0.529. The van der Waals surface area contributed by atoms with E-state index in [2.05, 4.69) is 17.1 Å². The van der Waals surface area contributed by atoms with Crippen LogP contribution in [0.2, 0.25) is 0 Å². The van der Waals surface area contributed by atoms with Crippen LogP contribution in [0.25, 0.3) is 10.2 Å². The van der Waals surface area contributed by atoms with E-state index >= 15 is 0 Å². The number of piperidine rings is 1. The summed E-state index contributed by atoms with van der Waals surface area (Å²) in [5, 5.41) is 5.20. The molecule has 2 saturated heterocycles. The molecule has 1 N–H and O–H groups in total. The number of amides is 2. The van der Waals surface area contributed by atoms with Gasteiger partial charge in [0, 0.05) is 38.1 Å². The first kappa shape index (κ1) is 24.0. The lowest BCUT2D eigenvalue weighted by Gasteiger charge is -2.32. The zero-order valence-electron chi connectivity index (χ0n) is 20.2. The number of likely N-dealkylation sites (N-methyl/N-ethyl adjacent to an activating group) is 1. The molecule has 0 spiro atoms. The van der Waals surface area contributed by atoms with E-state index in [9.17, 15) is 14.0 Å².